The minimum absolute atomic E-state index is 0.309. The third-order valence-electron chi connectivity index (χ3n) is 8.53. The van der Waals surface area contributed by atoms with Crippen molar-refractivity contribution in [3.63, 3.8) is 0 Å². The second kappa shape index (κ2) is 9.85. The summed E-state index contributed by atoms with van der Waals surface area (Å²) in [5.41, 5.74) is 1.52. The molecule has 6 rings (SSSR count). The molecule has 10 heteroatoms. The summed E-state index contributed by atoms with van der Waals surface area (Å²) in [6.07, 6.45) is 0. The summed E-state index contributed by atoms with van der Waals surface area (Å²) in [5.74, 6) is -1.45. The van der Waals surface area contributed by atoms with E-state index in [0.717, 1.165) is 52.4 Å². The molecular weight excluding hydrogens is 484 g/mol. The molecule has 0 N–H and O–H groups in total. The Balaban J connectivity index is 1.25. The van der Waals surface area contributed by atoms with Crippen molar-refractivity contribution in [3.05, 3.63) is 46.5 Å². The summed E-state index contributed by atoms with van der Waals surface area (Å²) in [6, 6.07) is 6.59. The average Bonchev–Trinajstić information content (AvgIpc) is 2.92. The summed E-state index contributed by atoms with van der Waals surface area (Å²) >= 11 is 0. The van der Waals surface area contributed by atoms with Crippen molar-refractivity contribution >= 4 is 34.4 Å². The van der Waals surface area contributed by atoms with Crippen LogP contribution < -0.4 is 0 Å². The number of likely N-dealkylation sites (N-methyl/N-ethyl adjacent to an activating group) is 2. The van der Waals surface area contributed by atoms with Gasteiger partial charge in [0.25, 0.3) is 23.6 Å². The van der Waals surface area contributed by atoms with E-state index < -0.39 is 0 Å². The van der Waals surface area contributed by atoms with Crippen LogP contribution in [-0.2, 0) is 0 Å². The van der Waals surface area contributed by atoms with Gasteiger partial charge in [0.2, 0.25) is 0 Å². The van der Waals surface area contributed by atoms with E-state index in [1.807, 2.05) is 0 Å². The highest BCUT2D eigenvalue weighted by Gasteiger charge is 2.39. The molecule has 2 fully saturated rings. The van der Waals surface area contributed by atoms with E-state index in [9.17, 15) is 19.2 Å². The van der Waals surface area contributed by atoms with Gasteiger partial charge in [-0.25, -0.2) is 0 Å². The monoisotopic (exact) mass is 518 g/mol. The van der Waals surface area contributed by atoms with Crippen LogP contribution in [0.25, 0.3) is 10.8 Å². The summed E-state index contributed by atoms with van der Waals surface area (Å²) in [7, 11) is 4.18. The molecule has 0 unspecified atom stereocenters. The zero-order chi connectivity index (χ0) is 26.6. The first-order valence-corrected chi connectivity index (χ1v) is 13.5. The zero-order valence-corrected chi connectivity index (χ0v) is 22.1. The molecule has 2 saturated heterocycles. The first-order chi connectivity index (χ1) is 18.3. The molecule has 0 bridgehead atoms. The van der Waals surface area contributed by atoms with E-state index in [1.165, 1.54) is 9.80 Å². The van der Waals surface area contributed by atoms with Crippen LogP contribution in [0.3, 0.4) is 0 Å². The maximum Gasteiger partial charge on any atom is 0.261 e. The molecule has 4 aliphatic rings. The number of rotatable bonds is 6. The lowest BCUT2D eigenvalue weighted by Crippen LogP contribution is -2.50. The van der Waals surface area contributed by atoms with E-state index in [4.69, 9.17) is 0 Å². The van der Waals surface area contributed by atoms with Gasteiger partial charge in [-0.3, -0.25) is 38.8 Å². The Hall–Kier alpha value is -3.18. The minimum Gasteiger partial charge on any atom is -0.304 e. The number of carbonyl (C=O) groups excluding carboxylic acids is 4. The molecule has 200 valence electrons. The molecule has 38 heavy (non-hydrogen) atoms. The summed E-state index contributed by atoms with van der Waals surface area (Å²) < 4.78 is 0. The lowest BCUT2D eigenvalue weighted by Gasteiger charge is -2.36. The first kappa shape index (κ1) is 25.1. The van der Waals surface area contributed by atoms with Gasteiger partial charge in [-0.05, 0) is 38.4 Å². The Morgan fingerprint density at radius 1 is 0.474 bits per heavy atom. The molecule has 4 aliphatic heterocycles. The van der Waals surface area contributed by atoms with Crippen LogP contribution in [0.2, 0.25) is 0 Å². The van der Waals surface area contributed by atoms with Gasteiger partial charge < -0.3 is 9.80 Å². The lowest BCUT2D eigenvalue weighted by molar-refractivity contribution is 0.0557. The highest BCUT2D eigenvalue weighted by atomic mass is 16.2. The predicted molar refractivity (Wildman–Crippen MR) is 143 cm³/mol. The Labute approximate surface area is 222 Å². The number of amides is 4. The van der Waals surface area contributed by atoms with Gasteiger partial charge in [0.15, 0.2) is 0 Å². The van der Waals surface area contributed by atoms with Gasteiger partial charge in [0, 0.05) is 112 Å². The summed E-state index contributed by atoms with van der Waals surface area (Å²) in [4.78, 5) is 65.6. The lowest BCUT2D eigenvalue weighted by atomic mass is 9.86. The average molecular weight is 519 g/mol. The minimum atomic E-state index is -0.363. The van der Waals surface area contributed by atoms with E-state index in [-0.39, 0.29) is 23.6 Å². The van der Waals surface area contributed by atoms with Crippen molar-refractivity contribution in [2.24, 2.45) is 0 Å². The molecule has 0 radical (unpaired) electrons. The first-order valence-electron chi connectivity index (χ1n) is 13.5. The quantitative estimate of drug-likeness (QED) is 0.512. The van der Waals surface area contributed by atoms with Crippen LogP contribution in [-0.4, -0.2) is 146 Å². The van der Waals surface area contributed by atoms with Gasteiger partial charge >= 0.3 is 0 Å². The fraction of sp³-hybridized carbons (Fsp3) is 0.500. The molecule has 0 spiro atoms. The van der Waals surface area contributed by atoms with Gasteiger partial charge in [0.1, 0.15) is 0 Å². The zero-order valence-electron chi connectivity index (χ0n) is 22.1. The van der Waals surface area contributed by atoms with Gasteiger partial charge in [0.05, 0.1) is 0 Å². The van der Waals surface area contributed by atoms with Crippen LogP contribution in [0.5, 0.6) is 0 Å². The SMILES string of the molecule is CN1CCN(CCN2C(=O)c3ccc4c5c(ccc(c35)C2=O)C(=O)N(CCN2CCN(C)CC2)C4=O)CC1. The third kappa shape index (κ3) is 4.21. The molecule has 0 saturated carbocycles. The summed E-state index contributed by atoms with van der Waals surface area (Å²) in [6.45, 7) is 9.33. The molecule has 0 aliphatic carbocycles. The van der Waals surface area contributed by atoms with Crippen LogP contribution in [0.1, 0.15) is 41.4 Å². The molecule has 4 amide bonds. The topological polar surface area (TPSA) is 87.7 Å². The van der Waals surface area contributed by atoms with Gasteiger partial charge in [-0.2, -0.15) is 0 Å². The molecule has 0 atom stereocenters. The fourth-order valence-corrected chi connectivity index (χ4v) is 6.01. The number of hydrogen-bond donors (Lipinski definition) is 0. The highest BCUT2D eigenvalue weighted by molar-refractivity contribution is 6.33. The predicted octanol–water partition coefficient (Wildman–Crippen LogP) is 0.527. The second-order valence-electron chi connectivity index (χ2n) is 10.9. The Kier molecular flexibility index (Phi) is 6.51. The van der Waals surface area contributed by atoms with Crippen molar-refractivity contribution in [3.8, 4) is 0 Å². The maximum absolute atomic E-state index is 13.5. The smallest absolute Gasteiger partial charge is 0.261 e. The van der Waals surface area contributed by atoms with Crippen molar-refractivity contribution in [2.45, 2.75) is 0 Å². The maximum atomic E-state index is 13.5. The molecule has 2 aromatic carbocycles. The molecule has 10 nitrogen and oxygen atoms in total. The van der Waals surface area contributed by atoms with Crippen LogP contribution in [0, 0.1) is 0 Å². The molecule has 2 aromatic rings. The Morgan fingerprint density at radius 2 is 0.763 bits per heavy atom. The largest absolute Gasteiger partial charge is 0.304 e. The van der Waals surface area contributed by atoms with Gasteiger partial charge in [-0.1, -0.05) is 0 Å². The number of imide groups is 2. The van der Waals surface area contributed by atoms with Crippen LogP contribution in [0.4, 0.5) is 0 Å². The highest BCUT2D eigenvalue weighted by Crippen LogP contribution is 2.37. The van der Waals surface area contributed by atoms with Gasteiger partial charge in [-0.15, -0.1) is 0 Å². The number of piperazine rings is 2. The molecular formula is C28H34N6O4. The summed E-state index contributed by atoms with van der Waals surface area (Å²) in [5, 5.41) is 0.873. The Morgan fingerprint density at radius 3 is 1.05 bits per heavy atom. The molecule has 4 heterocycles. The van der Waals surface area contributed by atoms with E-state index in [1.54, 1.807) is 24.3 Å². The second-order valence-corrected chi connectivity index (χ2v) is 10.9. The third-order valence-corrected chi connectivity index (χ3v) is 8.53. The standard InChI is InChI=1S/C28H34N6O4/c1-29-7-11-31(12-8-29)15-17-33-25(35)19-3-5-21-24-22(6-4-20(23(19)24)26(33)36)28(38)34(27(21)37)18-16-32-13-9-30(2)10-14-32/h3-6H,7-18H2,1-2H3. The van der Waals surface area contributed by atoms with Crippen molar-refractivity contribution in [1.82, 2.24) is 29.4 Å². The number of hydrogen-bond acceptors (Lipinski definition) is 8. The van der Waals surface area contributed by atoms with E-state index in [2.05, 4.69) is 33.7 Å². The van der Waals surface area contributed by atoms with E-state index >= 15 is 0 Å². The van der Waals surface area contributed by atoms with Crippen molar-refractivity contribution in [1.29, 1.82) is 0 Å². The number of benzene rings is 2. The number of carbonyl (C=O) groups is 4. The molecule has 0 aromatic heterocycles. The van der Waals surface area contributed by atoms with Crippen LogP contribution in [0.15, 0.2) is 24.3 Å². The normalized spacial score (nSPS) is 21.7. The number of nitrogens with zero attached hydrogens (tertiary/aromatic N) is 6. The van der Waals surface area contributed by atoms with Crippen molar-refractivity contribution < 1.29 is 19.2 Å². The van der Waals surface area contributed by atoms with Crippen LogP contribution >= 0.6 is 0 Å². The Bertz CT molecular complexity index is 1160. The van der Waals surface area contributed by atoms with E-state index in [0.29, 0.717) is 59.2 Å². The fourth-order valence-electron chi connectivity index (χ4n) is 6.01. The van der Waals surface area contributed by atoms with Crippen molar-refractivity contribution in [2.75, 3.05) is 92.6 Å².